The van der Waals surface area contributed by atoms with Gasteiger partial charge in [-0.15, -0.1) is 0 Å². The maximum absolute atomic E-state index is 6.72. The van der Waals surface area contributed by atoms with Gasteiger partial charge < -0.3 is 9.26 Å². The zero-order valence-electron chi connectivity index (χ0n) is 20.4. The first-order valence-corrected chi connectivity index (χ1v) is 13.1. The molecule has 2 aliphatic carbocycles. The van der Waals surface area contributed by atoms with Gasteiger partial charge in [0, 0.05) is 22.4 Å². The lowest BCUT2D eigenvalue weighted by Gasteiger charge is -2.24. The Hall–Kier alpha value is -2.20. The van der Waals surface area contributed by atoms with Crippen molar-refractivity contribution < 1.29 is 9.26 Å². The van der Waals surface area contributed by atoms with Gasteiger partial charge in [0.2, 0.25) is 0 Å². The summed E-state index contributed by atoms with van der Waals surface area (Å²) in [7, 11) is 0. The summed E-state index contributed by atoms with van der Waals surface area (Å²) in [4.78, 5) is 0. The zero-order chi connectivity index (χ0) is 25.1. The molecule has 0 saturated heterocycles. The largest absolute Gasteiger partial charge is 0.489 e. The topological polar surface area (TPSA) is 35.3 Å². The van der Waals surface area contributed by atoms with Gasteiger partial charge in [-0.05, 0) is 48.1 Å². The molecular weight excluding hydrogens is 501 g/mol. The molecule has 0 N–H and O–H groups in total. The maximum Gasteiger partial charge on any atom is 0.146 e. The molecule has 0 saturated carbocycles. The SMILES string of the molecule is CC1C=C(/C=C/C2C(Cl)=CC(OCc3c(-c4c(Cl)cccc4Cl)noc3C(C)C)=C[C@H]2C)C=CC1. The van der Waals surface area contributed by atoms with Gasteiger partial charge in [0.25, 0.3) is 0 Å². The Morgan fingerprint density at radius 1 is 1.14 bits per heavy atom. The van der Waals surface area contributed by atoms with Crippen LogP contribution in [-0.4, -0.2) is 5.16 Å². The van der Waals surface area contributed by atoms with E-state index in [0.29, 0.717) is 27.2 Å². The van der Waals surface area contributed by atoms with Crippen LogP contribution in [0.4, 0.5) is 0 Å². The van der Waals surface area contributed by atoms with Gasteiger partial charge in [-0.25, -0.2) is 0 Å². The third kappa shape index (κ3) is 5.97. The van der Waals surface area contributed by atoms with E-state index in [1.807, 2.05) is 6.08 Å². The summed E-state index contributed by atoms with van der Waals surface area (Å²) in [6.45, 7) is 8.74. The first-order valence-electron chi connectivity index (χ1n) is 12.0. The Bertz CT molecular complexity index is 1210. The Labute approximate surface area is 222 Å². The molecule has 1 aromatic carbocycles. The van der Waals surface area contributed by atoms with Crippen molar-refractivity contribution in [1.82, 2.24) is 5.16 Å². The van der Waals surface area contributed by atoms with Crippen LogP contribution in [0.15, 0.2) is 81.6 Å². The van der Waals surface area contributed by atoms with Crippen molar-refractivity contribution in [3.63, 3.8) is 0 Å². The van der Waals surface area contributed by atoms with Gasteiger partial charge in [0.1, 0.15) is 23.8 Å². The number of hydrogen-bond donors (Lipinski definition) is 0. The van der Waals surface area contributed by atoms with Crippen LogP contribution >= 0.6 is 34.8 Å². The average Bonchev–Trinajstić information content (AvgIpc) is 3.21. The fraction of sp³-hybridized carbons (Fsp3) is 0.345. The molecule has 1 heterocycles. The number of nitrogens with zero attached hydrogens (tertiary/aromatic N) is 1. The molecule has 0 amide bonds. The van der Waals surface area contributed by atoms with Crippen molar-refractivity contribution in [2.45, 2.75) is 46.6 Å². The molecule has 184 valence electrons. The van der Waals surface area contributed by atoms with E-state index in [2.05, 4.69) is 69.3 Å². The van der Waals surface area contributed by atoms with Crippen LogP contribution in [0.1, 0.15) is 51.4 Å². The highest BCUT2D eigenvalue weighted by Gasteiger charge is 2.26. The summed E-state index contributed by atoms with van der Waals surface area (Å²) in [6, 6.07) is 5.39. The fourth-order valence-electron chi connectivity index (χ4n) is 4.44. The number of rotatable bonds is 7. The van der Waals surface area contributed by atoms with Gasteiger partial charge in [0.05, 0.1) is 15.6 Å². The standard InChI is InChI=1S/C29H30Cl3NO2/c1-17(2)29-23(28(33-35-29)27-24(30)9-6-10-25(27)31)16-34-21-14-19(4)22(26(32)15-21)12-11-20-8-5-7-18(3)13-20/h5-6,8-15,17-19,22H,7,16H2,1-4H3/b12-11+/t18?,19-,22?/m1/s1. The highest BCUT2D eigenvalue weighted by Crippen LogP contribution is 2.40. The van der Waals surface area contributed by atoms with E-state index in [0.717, 1.165) is 28.5 Å². The number of aromatic nitrogens is 1. The van der Waals surface area contributed by atoms with E-state index >= 15 is 0 Å². The highest BCUT2D eigenvalue weighted by molar-refractivity contribution is 6.39. The molecule has 3 nitrogen and oxygen atoms in total. The molecule has 35 heavy (non-hydrogen) atoms. The summed E-state index contributed by atoms with van der Waals surface area (Å²) in [5, 5.41) is 6.09. The summed E-state index contributed by atoms with van der Waals surface area (Å²) in [5.74, 6) is 2.45. The van der Waals surface area contributed by atoms with Gasteiger partial charge in [0.15, 0.2) is 0 Å². The van der Waals surface area contributed by atoms with Crippen LogP contribution in [0.2, 0.25) is 10.0 Å². The van der Waals surface area contributed by atoms with Crippen molar-refractivity contribution >= 4 is 34.8 Å². The quantitative estimate of drug-likeness (QED) is 0.357. The predicted molar refractivity (Wildman–Crippen MR) is 146 cm³/mol. The summed E-state index contributed by atoms with van der Waals surface area (Å²) < 4.78 is 11.9. The van der Waals surface area contributed by atoms with Crippen LogP contribution in [0.3, 0.4) is 0 Å². The normalized spacial score (nSPS) is 22.4. The number of halogens is 3. The average molecular weight is 531 g/mol. The second kappa shape index (κ2) is 11.2. The predicted octanol–water partition coefficient (Wildman–Crippen LogP) is 9.64. The fourth-order valence-corrected chi connectivity index (χ4v) is 5.39. The minimum Gasteiger partial charge on any atom is -0.489 e. The van der Waals surface area contributed by atoms with E-state index in [9.17, 15) is 0 Å². The molecule has 2 aromatic rings. The first-order chi connectivity index (χ1) is 16.7. The molecule has 1 aromatic heterocycles. The second-order valence-electron chi connectivity index (χ2n) is 9.54. The van der Waals surface area contributed by atoms with E-state index in [-0.39, 0.29) is 24.4 Å². The molecule has 0 fully saturated rings. The minimum absolute atomic E-state index is 0.106. The van der Waals surface area contributed by atoms with Crippen LogP contribution in [0.5, 0.6) is 0 Å². The molecule has 2 aliphatic rings. The third-order valence-electron chi connectivity index (χ3n) is 6.31. The summed E-state index contributed by atoms with van der Waals surface area (Å²) in [6.07, 6.45) is 16.1. The van der Waals surface area contributed by atoms with Crippen LogP contribution in [-0.2, 0) is 11.3 Å². The van der Waals surface area contributed by atoms with E-state index in [1.54, 1.807) is 18.2 Å². The van der Waals surface area contributed by atoms with Gasteiger partial charge >= 0.3 is 0 Å². The maximum atomic E-state index is 6.72. The van der Waals surface area contributed by atoms with Crippen molar-refractivity contribution in [2.24, 2.45) is 17.8 Å². The lowest BCUT2D eigenvalue weighted by atomic mass is 9.87. The molecular formula is C29H30Cl3NO2. The monoisotopic (exact) mass is 529 g/mol. The molecule has 4 rings (SSSR count). The number of benzene rings is 1. The van der Waals surface area contributed by atoms with Crippen LogP contribution in [0, 0.1) is 17.8 Å². The first kappa shape index (κ1) is 25.9. The van der Waals surface area contributed by atoms with Gasteiger partial charge in [-0.2, -0.15) is 0 Å². The zero-order valence-corrected chi connectivity index (χ0v) is 22.7. The van der Waals surface area contributed by atoms with Crippen LogP contribution < -0.4 is 0 Å². The molecule has 0 spiro atoms. The lowest BCUT2D eigenvalue weighted by molar-refractivity contribution is 0.203. The molecule has 0 radical (unpaired) electrons. The third-order valence-corrected chi connectivity index (χ3v) is 7.30. The Morgan fingerprint density at radius 2 is 1.89 bits per heavy atom. The molecule has 2 unspecified atom stereocenters. The smallest absolute Gasteiger partial charge is 0.146 e. The second-order valence-corrected chi connectivity index (χ2v) is 10.8. The van der Waals surface area contributed by atoms with Crippen LogP contribution in [0.25, 0.3) is 11.3 Å². The van der Waals surface area contributed by atoms with Gasteiger partial charge in [-0.1, -0.05) is 104 Å². The van der Waals surface area contributed by atoms with Crippen molar-refractivity contribution in [3.05, 3.63) is 98.5 Å². The van der Waals surface area contributed by atoms with Crippen molar-refractivity contribution in [3.8, 4) is 11.3 Å². The Balaban J connectivity index is 1.53. The molecule has 0 aliphatic heterocycles. The van der Waals surface area contributed by atoms with Crippen molar-refractivity contribution in [1.29, 1.82) is 0 Å². The van der Waals surface area contributed by atoms with E-state index in [1.165, 1.54) is 5.57 Å². The van der Waals surface area contributed by atoms with Crippen molar-refractivity contribution in [2.75, 3.05) is 0 Å². The highest BCUT2D eigenvalue weighted by atomic mass is 35.5. The van der Waals surface area contributed by atoms with E-state index in [4.69, 9.17) is 44.1 Å². The van der Waals surface area contributed by atoms with E-state index < -0.39 is 0 Å². The Morgan fingerprint density at radius 3 is 2.54 bits per heavy atom. The molecule has 6 heteroatoms. The number of hydrogen-bond acceptors (Lipinski definition) is 3. The summed E-state index contributed by atoms with van der Waals surface area (Å²) in [5.41, 5.74) is 3.31. The molecule has 0 bridgehead atoms. The Kier molecular flexibility index (Phi) is 8.31. The minimum atomic E-state index is 0.106. The van der Waals surface area contributed by atoms with Gasteiger partial charge in [-0.3, -0.25) is 0 Å². The number of allylic oxidation sites excluding steroid dienone is 9. The number of ether oxygens (including phenoxy) is 1. The molecule has 3 atom stereocenters. The summed E-state index contributed by atoms with van der Waals surface area (Å²) >= 11 is 19.6. The lowest BCUT2D eigenvalue weighted by Crippen LogP contribution is -2.13.